The summed E-state index contributed by atoms with van der Waals surface area (Å²) in [6.07, 6.45) is -0.0491. The van der Waals surface area contributed by atoms with Crippen molar-refractivity contribution in [2.24, 2.45) is 0 Å². The number of piperazine rings is 1. The highest BCUT2D eigenvalue weighted by atomic mass is 32.2. The first-order valence-electron chi connectivity index (χ1n) is 9.33. The molecule has 1 heterocycles. The van der Waals surface area contributed by atoms with Gasteiger partial charge in [-0.05, 0) is 25.0 Å². The predicted molar refractivity (Wildman–Crippen MR) is 113 cm³/mol. The third kappa shape index (κ3) is 5.80. The van der Waals surface area contributed by atoms with Gasteiger partial charge in [0.05, 0.1) is 18.7 Å². The second-order valence-electron chi connectivity index (χ2n) is 6.88. The van der Waals surface area contributed by atoms with Crippen LogP contribution >= 0.6 is 11.8 Å². The van der Waals surface area contributed by atoms with Crippen LogP contribution in [-0.4, -0.2) is 99.1 Å². The molecule has 0 saturated carbocycles. The van der Waals surface area contributed by atoms with Gasteiger partial charge in [0.15, 0.2) is 0 Å². The Balaban J connectivity index is 2.02. The highest BCUT2D eigenvalue weighted by Gasteiger charge is 2.29. The number of phenols is 1. The molecule has 10 nitrogen and oxygen atoms in total. The van der Waals surface area contributed by atoms with E-state index in [-0.39, 0.29) is 29.4 Å². The molecular formula is C18H26BN3O7S. The van der Waals surface area contributed by atoms with Gasteiger partial charge in [0.2, 0.25) is 5.91 Å². The summed E-state index contributed by atoms with van der Waals surface area (Å²) in [5, 5.41) is 45.9. The molecule has 0 aromatic heterocycles. The van der Waals surface area contributed by atoms with E-state index in [0.717, 1.165) is 11.8 Å². The number of methoxy groups -OCH3 is 1. The van der Waals surface area contributed by atoms with Crippen molar-refractivity contribution < 1.29 is 34.6 Å². The first-order chi connectivity index (χ1) is 14.1. The second-order valence-corrected chi connectivity index (χ2v) is 8.10. The number of hydrogen-bond donors (Lipinski definition) is 5. The number of nitrogens with one attached hydrogen (secondary N) is 1. The van der Waals surface area contributed by atoms with Crippen LogP contribution in [0, 0.1) is 5.41 Å². The molecule has 0 bridgehead atoms. The number of nitrogens with zero attached hydrogens (tertiary/aromatic N) is 2. The zero-order valence-electron chi connectivity index (χ0n) is 16.9. The van der Waals surface area contributed by atoms with Crippen LogP contribution in [0.15, 0.2) is 12.1 Å². The Morgan fingerprint density at radius 1 is 1.23 bits per heavy atom. The van der Waals surface area contributed by atoms with Crippen LogP contribution in [0.2, 0.25) is 0 Å². The number of thioether (sulfide) groups is 1. The van der Waals surface area contributed by atoms with E-state index in [1.165, 1.54) is 19.2 Å². The minimum Gasteiger partial charge on any atom is -0.507 e. The molecule has 1 aromatic carbocycles. The lowest BCUT2D eigenvalue weighted by molar-refractivity contribution is -0.129. The summed E-state index contributed by atoms with van der Waals surface area (Å²) >= 11 is 1.03. The molecule has 1 fully saturated rings. The summed E-state index contributed by atoms with van der Waals surface area (Å²) < 4.78 is 4.95. The first-order valence-corrected chi connectivity index (χ1v) is 10.4. The molecule has 1 unspecified atom stereocenters. The minimum absolute atomic E-state index is 0.00743. The Morgan fingerprint density at radius 2 is 1.83 bits per heavy atom. The molecule has 1 amide bonds. The van der Waals surface area contributed by atoms with Crippen molar-refractivity contribution in [3.63, 3.8) is 0 Å². The Labute approximate surface area is 179 Å². The molecule has 0 radical (unpaired) electrons. The number of aromatic hydroxyl groups is 1. The van der Waals surface area contributed by atoms with E-state index in [2.05, 4.69) is 0 Å². The van der Waals surface area contributed by atoms with Crippen LogP contribution < -0.4 is 4.74 Å². The molecule has 12 heteroatoms. The topological polar surface area (TPSA) is 155 Å². The maximum absolute atomic E-state index is 12.5. The quantitative estimate of drug-likeness (QED) is 0.212. The van der Waals surface area contributed by atoms with E-state index in [0.29, 0.717) is 32.0 Å². The number of carboxylic acids is 1. The molecule has 0 aliphatic carbocycles. The molecular weight excluding hydrogens is 413 g/mol. The van der Waals surface area contributed by atoms with Crippen molar-refractivity contribution in [1.82, 2.24) is 9.80 Å². The van der Waals surface area contributed by atoms with Gasteiger partial charge in [0.1, 0.15) is 17.1 Å². The molecule has 0 spiro atoms. The summed E-state index contributed by atoms with van der Waals surface area (Å²) in [5.74, 6) is -1.56. The molecule has 1 atom stereocenters. The zero-order chi connectivity index (χ0) is 22.4. The number of ether oxygens (including phenoxy) is 1. The summed E-state index contributed by atoms with van der Waals surface area (Å²) in [7, 11) is -0.485. The Morgan fingerprint density at radius 3 is 2.33 bits per heavy atom. The summed E-state index contributed by atoms with van der Waals surface area (Å²) in [6.45, 7) is 3.84. The maximum Gasteiger partial charge on any atom is 0.465 e. The summed E-state index contributed by atoms with van der Waals surface area (Å²) in [4.78, 5) is 27.4. The number of carbonyl (C=O) groups is 2. The number of benzene rings is 1. The van der Waals surface area contributed by atoms with Crippen molar-refractivity contribution in [1.29, 1.82) is 5.41 Å². The zero-order valence-corrected chi connectivity index (χ0v) is 17.7. The van der Waals surface area contributed by atoms with Gasteiger partial charge in [0.25, 0.3) is 0 Å². The molecule has 1 saturated heterocycles. The standard InChI is InChI=1S/C18H26BN3O7S/c1-11(20)21-5-7-22(8-6-21)15(23)10-30-14(19(27)28)9-12-3-4-13(29-2)16(17(12)24)18(25)26/h3-4,14,20,24,27-28H,5-10H2,1-2H3,(H,25,26). The number of carbonyl (C=O) groups excluding carboxylic acids is 1. The van der Waals surface area contributed by atoms with Gasteiger partial charge in [-0.15, -0.1) is 0 Å². The summed E-state index contributed by atoms with van der Waals surface area (Å²) in [5.41, 5.74) is -0.192. The van der Waals surface area contributed by atoms with Gasteiger partial charge in [-0.1, -0.05) is 6.07 Å². The van der Waals surface area contributed by atoms with Crippen molar-refractivity contribution in [3.05, 3.63) is 23.3 Å². The normalized spacial score (nSPS) is 14.9. The first kappa shape index (κ1) is 23.8. The molecule has 5 N–H and O–H groups in total. The maximum atomic E-state index is 12.5. The largest absolute Gasteiger partial charge is 0.507 e. The van der Waals surface area contributed by atoms with E-state index >= 15 is 0 Å². The van der Waals surface area contributed by atoms with Crippen LogP contribution in [0.4, 0.5) is 0 Å². The van der Waals surface area contributed by atoms with E-state index in [1.54, 1.807) is 11.8 Å². The van der Waals surface area contributed by atoms with Crippen molar-refractivity contribution in [3.8, 4) is 11.5 Å². The van der Waals surface area contributed by atoms with Crippen molar-refractivity contribution in [2.45, 2.75) is 18.5 Å². The van der Waals surface area contributed by atoms with E-state index in [4.69, 9.17) is 10.1 Å². The number of amides is 1. The average molecular weight is 439 g/mol. The van der Waals surface area contributed by atoms with Crippen LogP contribution in [0.3, 0.4) is 0 Å². The number of rotatable bonds is 8. The fraction of sp³-hybridized carbons (Fsp3) is 0.500. The third-order valence-corrected chi connectivity index (χ3v) is 6.19. The molecule has 1 aliphatic rings. The van der Waals surface area contributed by atoms with Crippen molar-refractivity contribution >= 4 is 36.6 Å². The Bertz CT molecular complexity index is 800. The lowest BCUT2D eigenvalue weighted by Gasteiger charge is -2.35. The predicted octanol–water partition coefficient (Wildman–Crippen LogP) is -0.103. The monoisotopic (exact) mass is 439 g/mol. The van der Waals surface area contributed by atoms with Gasteiger partial charge >= 0.3 is 13.1 Å². The second kappa shape index (κ2) is 10.6. The number of hydrogen-bond acceptors (Lipinski definition) is 8. The molecule has 30 heavy (non-hydrogen) atoms. The molecule has 1 aromatic rings. The number of aromatic carboxylic acids is 1. The van der Waals surface area contributed by atoms with Gasteiger partial charge < -0.3 is 34.8 Å². The molecule has 164 valence electrons. The fourth-order valence-electron chi connectivity index (χ4n) is 3.19. The summed E-state index contributed by atoms with van der Waals surface area (Å²) in [6, 6.07) is 2.84. The van der Waals surface area contributed by atoms with Crippen LogP contribution in [0.5, 0.6) is 11.5 Å². The lowest BCUT2D eigenvalue weighted by Crippen LogP contribution is -2.50. The van der Waals surface area contributed by atoms with Crippen LogP contribution in [0.1, 0.15) is 22.8 Å². The Hall–Kier alpha value is -2.44. The van der Waals surface area contributed by atoms with Crippen LogP contribution in [0.25, 0.3) is 0 Å². The highest BCUT2D eigenvalue weighted by Crippen LogP contribution is 2.33. The fourth-order valence-corrected chi connectivity index (χ4v) is 4.19. The Kier molecular flexibility index (Phi) is 8.38. The third-order valence-electron chi connectivity index (χ3n) is 4.94. The van der Waals surface area contributed by atoms with Crippen molar-refractivity contribution in [2.75, 3.05) is 39.0 Å². The number of amidine groups is 1. The lowest BCUT2D eigenvalue weighted by atomic mass is 9.81. The van der Waals surface area contributed by atoms with E-state index < -0.39 is 29.5 Å². The highest BCUT2D eigenvalue weighted by molar-refractivity contribution is 8.01. The van der Waals surface area contributed by atoms with Gasteiger partial charge in [0, 0.05) is 31.3 Å². The van der Waals surface area contributed by atoms with Gasteiger partial charge in [-0.25, -0.2) is 4.79 Å². The molecule has 2 rings (SSSR count). The number of carboxylic acid groups (broad SMARTS) is 1. The molecule has 1 aliphatic heterocycles. The minimum atomic E-state index is -1.77. The van der Waals surface area contributed by atoms with Gasteiger partial charge in [-0.2, -0.15) is 11.8 Å². The van der Waals surface area contributed by atoms with Gasteiger partial charge in [-0.3, -0.25) is 10.2 Å². The SMILES string of the molecule is COc1ccc(CC(SCC(=O)N2CCN(C(C)=N)CC2)B(O)O)c(O)c1C(=O)O. The van der Waals surface area contributed by atoms with Crippen LogP contribution in [-0.2, 0) is 11.2 Å². The van der Waals surface area contributed by atoms with E-state index in [1.807, 2.05) is 4.90 Å². The van der Waals surface area contributed by atoms with E-state index in [9.17, 15) is 29.9 Å². The average Bonchev–Trinajstić information content (AvgIpc) is 2.71. The smallest absolute Gasteiger partial charge is 0.465 e.